The first-order valence-corrected chi connectivity index (χ1v) is 7.76. The Balaban J connectivity index is 1.82. The van der Waals surface area contributed by atoms with Crippen molar-refractivity contribution < 1.29 is 9.59 Å². The number of carbonyl (C=O) groups excluding carboxylic acids is 2. The van der Waals surface area contributed by atoms with Crippen molar-refractivity contribution in [2.45, 2.75) is 39.2 Å². The van der Waals surface area contributed by atoms with E-state index in [1.54, 1.807) is 0 Å². The summed E-state index contributed by atoms with van der Waals surface area (Å²) >= 11 is 0. The van der Waals surface area contributed by atoms with Crippen LogP contribution in [-0.4, -0.2) is 35.8 Å². The number of piperidine rings is 1. The molecule has 1 aromatic rings. The van der Waals surface area contributed by atoms with Crippen molar-refractivity contribution in [2.75, 3.05) is 13.1 Å². The van der Waals surface area contributed by atoms with Gasteiger partial charge in [-0.1, -0.05) is 32.0 Å². The van der Waals surface area contributed by atoms with E-state index in [0.29, 0.717) is 5.56 Å². The van der Waals surface area contributed by atoms with Gasteiger partial charge >= 0.3 is 0 Å². The molecule has 0 bridgehead atoms. The maximum absolute atomic E-state index is 12.1. The first-order chi connectivity index (χ1) is 10.1. The van der Waals surface area contributed by atoms with Crippen LogP contribution in [0.2, 0.25) is 0 Å². The van der Waals surface area contributed by atoms with Crippen molar-refractivity contribution in [3.8, 4) is 0 Å². The van der Waals surface area contributed by atoms with Crippen LogP contribution in [0.3, 0.4) is 0 Å². The van der Waals surface area contributed by atoms with Gasteiger partial charge in [0.15, 0.2) is 0 Å². The number of nitrogens with one attached hydrogen (secondary N) is 1. The van der Waals surface area contributed by atoms with Gasteiger partial charge in [-0.2, -0.15) is 0 Å². The van der Waals surface area contributed by atoms with E-state index in [0.717, 1.165) is 32.4 Å². The van der Waals surface area contributed by atoms with Crippen LogP contribution in [0.1, 0.15) is 43.5 Å². The van der Waals surface area contributed by atoms with Crippen LogP contribution in [0.4, 0.5) is 0 Å². The topological polar surface area (TPSA) is 49.4 Å². The predicted octanol–water partition coefficient (Wildman–Crippen LogP) is 2.45. The number of rotatable bonds is 4. The van der Waals surface area contributed by atoms with Gasteiger partial charge in [0, 0.05) is 30.6 Å². The summed E-state index contributed by atoms with van der Waals surface area (Å²) in [5.74, 6) is 0.313. The highest BCUT2D eigenvalue weighted by Crippen LogP contribution is 2.15. The molecule has 1 aromatic carbocycles. The molecule has 1 atom stereocenters. The lowest BCUT2D eigenvalue weighted by atomic mass is 10.0. The van der Waals surface area contributed by atoms with Gasteiger partial charge in [0.05, 0.1) is 0 Å². The van der Waals surface area contributed by atoms with Crippen LogP contribution in [0.25, 0.3) is 0 Å². The number of hydrogen-bond acceptors (Lipinski definition) is 2. The highest BCUT2D eigenvalue weighted by atomic mass is 16.2. The van der Waals surface area contributed by atoms with Crippen LogP contribution in [-0.2, 0) is 4.79 Å². The molecule has 0 spiro atoms. The molecule has 21 heavy (non-hydrogen) atoms. The molecule has 114 valence electrons. The fourth-order valence-electron chi connectivity index (χ4n) is 2.59. The molecule has 0 aromatic heterocycles. The standard InChI is InChI=1S/C17H24N2O2/c1-3-13(2)17(21)19-11-9-15(10-12-19)18-16(20)14-7-5-4-6-8-14/h4-8,13,15H,3,9-12H2,1-2H3,(H,18,20)/t13-/m1/s1. The van der Waals surface area contributed by atoms with Gasteiger partial charge in [-0.15, -0.1) is 0 Å². The summed E-state index contributed by atoms with van der Waals surface area (Å²) in [6.45, 7) is 5.49. The second kappa shape index (κ2) is 7.25. The Hall–Kier alpha value is -1.84. The van der Waals surface area contributed by atoms with Gasteiger partial charge in [0.25, 0.3) is 5.91 Å². The molecular formula is C17H24N2O2. The summed E-state index contributed by atoms with van der Waals surface area (Å²) in [6.07, 6.45) is 2.55. The lowest BCUT2D eigenvalue weighted by Crippen LogP contribution is -2.47. The number of likely N-dealkylation sites (tertiary alicyclic amines) is 1. The van der Waals surface area contributed by atoms with Crippen LogP contribution in [0.5, 0.6) is 0 Å². The minimum absolute atomic E-state index is 0.0256. The molecule has 0 aliphatic carbocycles. The van der Waals surface area contributed by atoms with Crippen molar-refractivity contribution in [2.24, 2.45) is 5.92 Å². The first-order valence-electron chi connectivity index (χ1n) is 7.76. The van der Waals surface area contributed by atoms with Gasteiger partial charge in [0.2, 0.25) is 5.91 Å². The van der Waals surface area contributed by atoms with E-state index in [4.69, 9.17) is 0 Å². The highest BCUT2D eigenvalue weighted by molar-refractivity contribution is 5.94. The molecule has 1 heterocycles. The molecular weight excluding hydrogens is 264 g/mol. The molecule has 1 saturated heterocycles. The third-order valence-electron chi connectivity index (χ3n) is 4.21. The van der Waals surface area contributed by atoms with Crippen LogP contribution >= 0.6 is 0 Å². The van der Waals surface area contributed by atoms with E-state index in [1.807, 2.05) is 49.1 Å². The van der Waals surface area contributed by atoms with E-state index >= 15 is 0 Å². The van der Waals surface area contributed by atoms with E-state index in [2.05, 4.69) is 5.32 Å². The average Bonchev–Trinajstić information content (AvgIpc) is 2.55. The Morgan fingerprint density at radius 2 is 1.86 bits per heavy atom. The van der Waals surface area contributed by atoms with Crippen LogP contribution < -0.4 is 5.32 Å². The van der Waals surface area contributed by atoms with E-state index in [-0.39, 0.29) is 23.8 Å². The minimum Gasteiger partial charge on any atom is -0.349 e. The Labute approximate surface area is 126 Å². The summed E-state index contributed by atoms with van der Waals surface area (Å²) in [4.78, 5) is 26.1. The maximum Gasteiger partial charge on any atom is 0.251 e. The van der Waals surface area contributed by atoms with Crippen LogP contribution in [0.15, 0.2) is 30.3 Å². The van der Waals surface area contributed by atoms with Crippen LogP contribution in [0, 0.1) is 5.92 Å². The molecule has 0 radical (unpaired) electrons. The monoisotopic (exact) mass is 288 g/mol. The van der Waals surface area contributed by atoms with Crippen molar-refractivity contribution in [3.05, 3.63) is 35.9 Å². The lowest BCUT2D eigenvalue weighted by molar-refractivity contribution is -0.136. The Morgan fingerprint density at radius 3 is 2.43 bits per heavy atom. The number of carbonyl (C=O) groups is 2. The van der Waals surface area contributed by atoms with Gasteiger partial charge in [0.1, 0.15) is 0 Å². The molecule has 4 nitrogen and oxygen atoms in total. The number of benzene rings is 1. The molecule has 1 fully saturated rings. The van der Waals surface area contributed by atoms with E-state index < -0.39 is 0 Å². The zero-order chi connectivity index (χ0) is 15.2. The van der Waals surface area contributed by atoms with Crippen molar-refractivity contribution in [1.29, 1.82) is 0 Å². The number of nitrogens with zero attached hydrogens (tertiary/aromatic N) is 1. The van der Waals surface area contributed by atoms with Crippen molar-refractivity contribution in [1.82, 2.24) is 10.2 Å². The molecule has 2 rings (SSSR count). The third-order valence-corrected chi connectivity index (χ3v) is 4.21. The second-order valence-corrected chi connectivity index (χ2v) is 5.75. The molecule has 1 aliphatic heterocycles. The van der Waals surface area contributed by atoms with Gasteiger partial charge in [-0.3, -0.25) is 9.59 Å². The number of hydrogen-bond donors (Lipinski definition) is 1. The van der Waals surface area contributed by atoms with Crippen molar-refractivity contribution in [3.63, 3.8) is 0 Å². The Morgan fingerprint density at radius 1 is 1.24 bits per heavy atom. The maximum atomic E-state index is 12.1. The van der Waals surface area contributed by atoms with Gasteiger partial charge < -0.3 is 10.2 Å². The summed E-state index contributed by atoms with van der Waals surface area (Å²) in [7, 11) is 0. The molecule has 0 unspecified atom stereocenters. The predicted molar refractivity (Wildman–Crippen MR) is 83.0 cm³/mol. The molecule has 2 amide bonds. The average molecular weight is 288 g/mol. The molecule has 1 aliphatic rings. The largest absolute Gasteiger partial charge is 0.349 e. The minimum atomic E-state index is -0.0256. The van der Waals surface area contributed by atoms with E-state index in [9.17, 15) is 9.59 Å². The smallest absolute Gasteiger partial charge is 0.251 e. The summed E-state index contributed by atoms with van der Waals surface area (Å²) in [5.41, 5.74) is 0.690. The quantitative estimate of drug-likeness (QED) is 0.925. The zero-order valence-corrected chi connectivity index (χ0v) is 12.8. The zero-order valence-electron chi connectivity index (χ0n) is 12.8. The van der Waals surface area contributed by atoms with Gasteiger partial charge in [-0.05, 0) is 31.4 Å². The Bertz CT molecular complexity index is 479. The van der Waals surface area contributed by atoms with Crippen molar-refractivity contribution >= 4 is 11.8 Å². The fourth-order valence-corrected chi connectivity index (χ4v) is 2.59. The second-order valence-electron chi connectivity index (χ2n) is 5.75. The normalized spacial score (nSPS) is 17.3. The Kier molecular flexibility index (Phi) is 5.37. The first kappa shape index (κ1) is 15.5. The lowest BCUT2D eigenvalue weighted by Gasteiger charge is -2.33. The number of amides is 2. The fraction of sp³-hybridized carbons (Fsp3) is 0.529. The van der Waals surface area contributed by atoms with E-state index in [1.165, 1.54) is 0 Å². The summed E-state index contributed by atoms with van der Waals surface area (Å²) in [5, 5.41) is 3.06. The highest BCUT2D eigenvalue weighted by Gasteiger charge is 2.26. The summed E-state index contributed by atoms with van der Waals surface area (Å²) in [6, 6.07) is 9.42. The molecule has 4 heteroatoms. The van der Waals surface area contributed by atoms with Gasteiger partial charge in [-0.25, -0.2) is 0 Å². The summed E-state index contributed by atoms with van der Waals surface area (Å²) < 4.78 is 0. The third kappa shape index (κ3) is 4.06. The molecule has 1 N–H and O–H groups in total. The molecule has 0 saturated carbocycles. The SMILES string of the molecule is CC[C@@H](C)C(=O)N1CCC(NC(=O)c2ccccc2)CC1.